The number of nitrogens with zero attached hydrogens (tertiary/aromatic N) is 3. The maximum absolute atomic E-state index is 13.6. The minimum atomic E-state index is -0.343. The first-order valence-electron chi connectivity index (χ1n) is 8.31. The van der Waals surface area contributed by atoms with E-state index in [9.17, 15) is 9.18 Å². The summed E-state index contributed by atoms with van der Waals surface area (Å²) in [5.74, 6) is 0.0703. The number of carbonyl (C=O) groups excluding carboxylic acids is 1. The third-order valence-corrected chi connectivity index (χ3v) is 4.37. The number of halogens is 1. The van der Waals surface area contributed by atoms with Crippen LogP contribution in [0.15, 0.2) is 42.7 Å². The Morgan fingerprint density at radius 3 is 2.75 bits per heavy atom. The number of rotatable bonds is 5. The van der Waals surface area contributed by atoms with Crippen molar-refractivity contribution in [3.05, 3.63) is 48.5 Å². The first kappa shape index (κ1) is 16.5. The second kappa shape index (κ2) is 7.47. The minimum absolute atomic E-state index is 0.0416. The number of hydrogen-bond acceptors (Lipinski definition) is 3. The van der Waals surface area contributed by atoms with E-state index >= 15 is 0 Å². The molecule has 1 aliphatic heterocycles. The first-order valence-corrected chi connectivity index (χ1v) is 8.31. The van der Waals surface area contributed by atoms with Gasteiger partial charge in [-0.05, 0) is 25.1 Å². The molecule has 1 fully saturated rings. The van der Waals surface area contributed by atoms with Gasteiger partial charge in [0.25, 0.3) is 0 Å². The van der Waals surface area contributed by atoms with Gasteiger partial charge in [-0.25, -0.2) is 4.39 Å². The van der Waals surface area contributed by atoms with Crippen molar-refractivity contribution >= 4 is 5.91 Å². The third kappa shape index (κ3) is 3.93. The van der Waals surface area contributed by atoms with Crippen LogP contribution in [0.1, 0.15) is 32.2 Å². The fourth-order valence-corrected chi connectivity index (χ4v) is 2.96. The lowest BCUT2D eigenvalue weighted by atomic mass is 10.1. The average molecular weight is 331 g/mol. The molecule has 1 aliphatic rings. The Morgan fingerprint density at radius 2 is 2.08 bits per heavy atom. The van der Waals surface area contributed by atoms with Gasteiger partial charge in [-0.1, -0.05) is 12.1 Å². The molecule has 1 saturated heterocycles. The van der Waals surface area contributed by atoms with Crippen LogP contribution in [0, 0.1) is 5.82 Å². The summed E-state index contributed by atoms with van der Waals surface area (Å²) in [6, 6.07) is 8.33. The van der Waals surface area contributed by atoms with Crippen molar-refractivity contribution in [3.63, 3.8) is 0 Å². The highest BCUT2D eigenvalue weighted by Crippen LogP contribution is 2.22. The maximum atomic E-state index is 13.6. The molecular weight excluding hydrogens is 309 g/mol. The van der Waals surface area contributed by atoms with E-state index in [2.05, 4.69) is 5.10 Å². The van der Waals surface area contributed by atoms with Crippen molar-refractivity contribution in [2.24, 2.45) is 0 Å². The summed E-state index contributed by atoms with van der Waals surface area (Å²) < 4.78 is 21.2. The largest absolute Gasteiger partial charge is 0.487 e. The van der Waals surface area contributed by atoms with Crippen LogP contribution in [0.25, 0.3) is 0 Å². The van der Waals surface area contributed by atoms with Gasteiger partial charge in [0.05, 0.1) is 6.04 Å². The average Bonchev–Trinajstić information content (AvgIpc) is 3.12. The normalized spacial score (nSPS) is 16.8. The maximum Gasteiger partial charge on any atom is 0.224 e. The molecule has 0 bridgehead atoms. The van der Waals surface area contributed by atoms with E-state index in [1.54, 1.807) is 29.1 Å². The van der Waals surface area contributed by atoms with Crippen molar-refractivity contribution in [1.82, 2.24) is 14.7 Å². The quantitative estimate of drug-likeness (QED) is 0.846. The summed E-state index contributed by atoms with van der Waals surface area (Å²) in [7, 11) is 0. The highest BCUT2D eigenvalue weighted by atomic mass is 19.1. The summed E-state index contributed by atoms with van der Waals surface area (Å²) in [4.78, 5) is 14.3. The lowest BCUT2D eigenvalue weighted by molar-refractivity contribution is -0.133. The number of benzene rings is 1. The van der Waals surface area contributed by atoms with Gasteiger partial charge in [0, 0.05) is 44.7 Å². The van der Waals surface area contributed by atoms with Crippen LogP contribution in [0.5, 0.6) is 5.75 Å². The van der Waals surface area contributed by atoms with Gasteiger partial charge in [-0.2, -0.15) is 5.10 Å². The number of likely N-dealkylation sites (tertiary alicyclic amines) is 1. The fourth-order valence-electron chi connectivity index (χ4n) is 2.96. The Hall–Kier alpha value is -2.37. The first-order chi connectivity index (χ1) is 11.6. The Labute approximate surface area is 141 Å². The highest BCUT2D eigenvalue weighted by molar-refractivity contribution is 5.76. The van der Waals surface area contributed by atoms with Gasteiger partial charge < -0.3 is 9.64 Å². The molecule has 0 N–H and O–H groups in total. The molecule has 3 rings (SSSR count). The molecule has 0 radical (unpaired) electrons. The van der Waals surface area contributed by atoms with E-state index in [1.807, 2.05) is 24.1 Å². The van der Waals surface area contributed by atoms with E-state index < -0.39 is 0 Å². The van der Waals surface area contributed by atoms with Gasteiger partial charge in [0.2, 0.25) is 5.91 Å². The van der Waals surface area contributed by atoms with Gasteiger partial charge >= 0.3 is 0 Å². The molecule has 0 spiro atoms. The molecule has 1 aromatic heterocycles. The predicted molar refractivity (Wildman–Crippen MR) is 88.2 cm³/mol. The number of amides is 1. The Bertz CT molecular complexity index is 667. The summed E-state index contributed by atoms with van der Waals surface area (Å²) in [5, 5.41) is 4.17. The van der Waals surface area contributed by atoms with Gasteiger partial charge in [0.1, 0.15) is 6.10 Å². The Morgan fingerprint density at radius 1 is 1.33 bits per heavy atom. The van der Waals surface area contributed by atoms with Gasteiger partial charge in [0.15, 0.2) is 11.6 Å². The summed E-state index contributed by atoms with van der Waals surface area (Å²) in [6.07, 6.45) is 5.40. The molecule has 0 saturated carbocycles. The molecule has 5 nitrogen and oxygen atoms in total. The number of aromatic nitrogens is 2. The van der Waals surface area contributed by atoms with Gasteiger partial charge in [-0.3, -0.25) is 9.48 Å². The highest BCUT2D eigenvalue weighted by Gasteiger charge is 2.25. The van der Waals surface area contributed by atoms with Gasteiger partial charge in [-0.15, -0.1) is 0 Å². The smallest absolute Gasteiger partial charge is 0.224 e. The van der Waals surface area contributed by atoms with Crippen molar-refractivity contribution in [3.8, 4) is 5.75 Å². The van der Waals surface area contributed by atoms with Crippen LogP contribution >= 0.6 is 0 Å². The molecule has 6 heteroatoms. The molecule has 0 unspecified atom stereocenters. The molecule has 1 amide bonds. The molecule has 128 valence electrons. The van der Waals surface area contributed by atoms with Crippen LogP contribution < -0.4 is 4.74 Å². The number of para-hydroxylation sites is 1. The van der Waals surface area contributed by atoms with E-state index in [0.29, 0.717) is 19.5 Å². The molecule has 1 aromatic carbocycles. The van der Waals surface area contributed by atoms with Crippen molar-refractivity contribution in [2.75, 3.05) is 13.1 Å². The summed E-state index contributed by atoms with van der Waals surface area (Å²) in [5.41, 5.74) is 0. The fraction of sp³-hybridized carbons (Fsp3) is 0.444. The van der Waals surface area contributed by atoms with Crippen LogP contribution in [-0.4, -0.2) is 39.8 Å². The zero-order valence-electron chi connectivity index (χ0n) is 13.8. The number of carbonyl (C=O) groups is 1. The zero-order chi connectivity index (χ0) is 16.9. The Kier molecular flexibility index (Phi) is 5.13. The second-order valence-electron chi connectivity index (χ2n) is 6.17. The van der Waals surface area contributed by atoms with Crippen LogP contribution in [0.4, 0.5) is 4.39 Å². The second-order valence-corrected chi connectivity index (χ2v) is 6.17. The number of piperidine rings is 1. The van der Waals surface area contributed by atoms with E-state index in [1.165, 1.54) is 6.07 Å². The topological polar surface area (TPSA) is 47.4 Å². The predicted octanol–water partition coefficient (Wildman–Crippen LogP) is 3.04. The zero-order valence-corrected chi connectivity index (χ0v) is 13.8. The molecular formula is C18H22FN3O2. The summed E-state index contributed by atoms with van der Waals surface area (Å²) in [6.45, 7) is 3.27. The molecule has 0 aliphatic carbocycles. The van der Waals surface area contributed by atoms with Crippen molar-refractivity contribution in [1.29, 1.82) is 0 Å². The molecule has 2 aromatic rings. The number of ether oxygens (including phenoxy) is 1. The lowest BCUT2D eigenvalue weighted by Gasteiger charge is -2.32. The monoisotopic (exact) mass is 331 g/mol. The van der Waals surface area contributed by atoms with Crippen LogP contribution in [-0.2, 0) is 4.79 Å². The van der Waals surface area contributed by atoms with Crippen molar-refractivity contribution in [2.45, 2.75) is 38.3 Å². The molecule has 24 heavy (non-hydrogen) atoms. The lowest BCUT2D eigenvalue weighted by Crippen LogP contribution is -2.42. The third-order valence-electron chi connectivity index (χ3n) is 4.37. The van der Waals surface area contributed by atoms with Crippen LogP contribution in [0.2, 0.25) is 0 Å². The molecule has 1 atom stereocenters. The minimum Gasteiger partial charge on any atom is -0.487 e. The summed E-state index contributed by atoms with van der Waals surface area (Å²) >= 11 is 0. The molecule has 2 heterocycles. The Balaban J connectivity index is 1.48. The van der Waals surface area contributed by atoms with E-state index in [-0.39, 0.29) is 29.6 Å². The van der Waals surface area contributed by atoms with E-state index in [0.717, 1.165) is 12.8 Å². The van der Waals surface area contributed by atoms with Crippen molar-refractivity contribution < 1.29 is 13.9 Å². The van der Waals surface area contributed by atoms with Crippen LogP contribution in [0.3, 0.4) is 0 Å². The van der Waals surface area contributed by atoms with E-state index in [4.69, 9.17) is 4.74 Å². The standard InChI is InChI=1S/C18H22FN3O2/c1-14(22-10-4-9-20-22)13-18(23)21-11-7-15(8-12-21)24-17-6-3-2-5-16(17)19/h2-6,9-10,14-15H,7-8,11-13H2,1H3/t14-/m0/s1. The SMILES string of the molecule is C[C@@H](CC(=O)N1CCC(Oc2ccccc2F)CC1)n1cccn1. The number of hydrogen-bond donors (Lipinski definition) is 0.